The van der Waals surface area contributed by atoms with Gasteiger partial charge in [-0.15, -0.1) is 0 Å². The van der Waals surface area contributed by atoms with Crippen LogP contribution in [0.3, 0.4) is 0 Å². The van der Waals surface area contributed by atoms with Crippen LogP contribution >= 0.6 is 0 Å². The molecule has 2 aromatic rings. The highest BCUT2D eigenvalue weighted by Gasteiger charge is 2.51. The van der Waals surface area contributed by atoms with Gasteiger partial charge in [0.25, 0.3) is 5.91 Å². The minimum Gasteiger partial charge on any atom is -0.496 e. The first-order valence-corrected chi connectivity index (χ1v) is 23.2. The number of carbonyl (C=O) groups is 3. The van der Waals surface area contributed by atoms with E-state index >= 15 is 4.79 Å². The predicted molar refractivity (Wildman–Crippen MR) is 224 cm³/mol. The van der Waals surface area contributed by atoms with Gasteiger partial charge in [0.05, 0.1) is 19.2 Å². The molecule has 5 rings (SSSR count). The molecule has 56 heavy (non-hydrogen) atoms. The van der Waals surface area contributed by atoms with Crippen molar-refractivity contribution in [2.45, 2.75) is 162 Å². The fraction of sp³-hybridized carbons (Fsp3) is 0.622. The van der Waals surface area contributed by atoms with Gasteiger partial charge in [-0.25, -0.2) is 9.59 Å². The molecule has 2 heterocycles. The lowest BCUT2D eigenvalue weighted by Crippen LogP contribution is -2.66. The van der Waals surface area contributed by atoms with Crippen molar-refractivity contribution in [1.29, 1.82) is 0 Å². The van der Waals surface area contributed by atoms with E-state index in [0.717, 1.165) is 52.8 Å². The highest BCUT2D eigenvalue weighted by molar-refractivity contribution is 6.74. The summed E-state index contributed by atoms with van der Waals surface area (Å²) in [6.07, 6.45) is 2.04. The Balaban J connectivity index is 1.60. The lowest BCUT2D eigenvalue weighted by molar-refractivity contribution is -0.129. The third-order valence-corrected chi connectivity index (χ3v) is 16.1. The monoisotopic (exact) mass is 789 g/mol. The molecule has 2 aliphatic heterocycles. The zero-order valence-electron chi connectivity index (χ0n) is 36.5. The minimum atomic E-state index is -1.94. The van der Waals surface area contributed by atoms with Gasteiger partial charge >= 0.3 is 12.2 Å². The molecule has 0 N–H and O–H groups in total. The summed E-state index contributed by atoms with van der Waals surface area (Å²) in [5, 5.41) is 0.117. The maximum Gasteiger partial charge on any atom is 0.411 e. The normalized spacial score (nSPS) is 19.8. The van der Waals surface area contributed by atoms with Gasteiger partial charge in [-0.3, -0.25) is 9.69 Å². The zero-order chi connectivity index (χ0) is 41.5. The molecule has 2 fully saturated rings. The second-order valence-electron chi connectivity index (χ2n) is 19.5. The third-order valence-electron chi connectivity index (χ3n) is 11.5. The van der Waals surface area contributed by atoms with E-state index in [1.54, 1.807) is 16.9 Å². The van der Waals surface area contributed by atoms with E-state index in [0.29, 0.717) is 18.5 Å². The second kappa shape index (κ2) is 16.2. The number of fused-ring (bicyclic) bond motifs is 2. The van der Waals surface area contributed by atoms with E-state index in [1.807, 2.05) is 71.6 Å². The van der Waals surface area contributed by atoms with Crippen LogP contribution in [0.5, 0.6) is 5.75 Å². The largest absolute Gasteiger partial charge is 0.496 e. The molecule has 3 unspecified atom stereocenters. The number of nitrogens with zero attached hydrogens (tertiary/aromatic N) is 3. The lowest BCUT2D eigenvalue weighted by atomic mass is 9.81. The van der Waals surface area contributed by atoms with Gasteiger partial charge in [0.1, 0.15) is 17.0 Å². The number of ether oxygens (including phenoxy) is 3. The Morgan fingerprint density at radius 1 is 0.875 bits per heavy atom. The number of benzene rings is 2. The molecule has 308 valence electrons. The third kappa shape index (κ3) is 10.2. The van der Waals surface area contributed by atoms with Crippen molar-refractivity contribution < 1.29 is 33.0 Å². The Hall–Kier alpha value is -3.83. The fourth-order valence-electron chi connectivity index (χ4n) is 7.56. The van der Waals surface area contributed by atoms with E-state index in [4.69, 9.17) is 18.6 Å². The Morgan fingerprint density at radius 3 is 2.04 bits per heavy atom. The quantitative estimate of drug-likeness (QED) is 0.221. The molecule has 2 bridgehead atoms. The summed E-state index contributed by atoms with van der Waals surface area (Å²) in [5.74, 6) is 0.639. The summed E-state index contributed by atoms with van der Waals surface area (Å²) < 4.78 is 24.2. The minimum absolute atomic E-state index is 0.0560. The smallest absolute Gasteiger partial charge is 0.411 e. The van der Waals surface area contributed by atoms with Gasteiger partial charge in [-0.2, -0.15) is 0 Å². The van der Waals surface area contributed by atoms with Crippen LogP contribution in [0.15, 0.2) is 48.0 Å². The summed E-state index contributed by atoms with van der Waals surface area (Å²) in [6, 6.07) is 13.3. The molecule has 0 aromatic heterocycles. The van der Waals surface area contributed by atoms with Crippen LogP contribution in [0.4, 0.5) is 9.59 Å². The van der Waals surface area contributed by atoms with Gasteiger partial charge < -0.3 is 28.4 Å². The van der Waals surface area contributed by atoms with E-state index < -0.39 is 43.8 Å². The molecule has 1 aliphatic carbocycles. The molecular formula is C45H67N3O7Si. The predicted octanol–water partition coefficient (Wildman–Crippen LogP) is 9.53. The van der Waals surface area contributed by atoms with Crippen LogP contribution in [-0.4, -0.2) is 96.7 Å². The van der Waals surface area contributed by atoms with Crippen molar-refractivity contribution in [1.82, 2.24) is 14.7 Å². The second-order valence-corrected chi connectivity index (χ2v) is 24.3. The molecule has 3 amide bonds. The van der Waals surface area contributed by atoms with Gasteiger partial charge in [-0.05, 0) is 133 Å². The number of carbonyl (C=O) groups excluding carboxylic acids is 3. The number of methoxy groups -OCH3 is 1. The highest BCUT2D eigenvalue weighted by Crippen LogP contribution is 2.43. The Kier molecular flexibility index (Phi) is 12.5. The van der Waals surface area contributed by atoms with E-state index in [9.17, 15) is 9.59 Å². The Bertz CT molecular complexity index is 1800. The van der Waals surface area contributed by atoms with Crippen molar-refractivity contribution in [2.24, 2.45) is 0 Å². The van der Waals surface area contributed by atoms with Crippen LogP contribution in [0.2, 0.25) is 18.1 Å². The molecule has 3 aliphatic rings. The molecule has 11 heteroatoms. The molecule has 3 atom stereocenters. The number of rotatable bonds is 10. The van der Waals surface area contributed by atoms with Crippen LogP contribution in [-0.2, 0) is 31.7 Å². The fourth-order valence-corrected chi connectivity index (χ4v) is 9.00. The molecule has 1 saturated heterocycles. The average Bonchev–Trinajstić information content (AvgIpc) is 3.90. The van der Waals surface area contributed by atoms with E-state index in [2.05, 4.69) is 65.1 Å². The highest BCUT2D eigenvalue weighted by atomic mass is 28.4. The van der Waals surface area contributed by atoms with Crippen LogP contribution in [0.25, 0.3) is 5.57 Å². The number of hydrogen-bond donors (Lipinski definition) is 0. The Labute approximate surface area is 337 Å². The van der Waals surface area contributed by atoms with Gasteiger partial charge in [0, 0.05) is 37.4 Å². The topological polar surface area (TPSA) is 97.9 Å². The Morgan fingerprint density at radius 2 is 1.48 bits per heavy atom. The number of piperazine rings is 1. The summed E-state index contributed by atoms with van der Waals surface area (Å²) in [7, 11) is -0.285. The maximum absolute atomic E-state index is 15.4. The SMILES string of the molecule is COc1cccc(CN(C(=O)C2=C(c3ccc(CC(C)O[Si](C)(C)C(C)(C)C)cc3)CC3CN(C(=O)OC(C)(C)C)CC2N3C(=O)OC(C)(C)C)C2CC2)c1C. The van der Waals surface area contributed by atoms with Crippen molar-refractivity contribution in [3.8, 4) is 5.75 Å². The molecule has 0 radical (unpaired) electrons. The first kappa shape index (κ1) is 43.3. The summed E-state index contributed by atoms with van der Waals surface area (Å²) in [6.45, 7) is 27.3. The summed E-state index contributed by atoms with van der Waals surface area (Å²) in [4.78, 5) is 48.6. The first-order valence-electron chi connectivity index (χ1n) is 20.3. The van der Waals surface area contributed by atoms with Gasteiger partial charge in [-0.1, -0.05) is 57.2 Å². The van der Waals surface area contributed by atoms with Crippen molar-refractivity contribution in [3.05, 3.63) is 70.3 Å². The standard InChI is InChI=1S/C45H67N3O7Si/c1-29(55-56(13,14)45(9,10)11)24-31-18-20-32(21-19-31)36-25-35-27-46(41(50)53-43(3,4)5)28-37(48(35)42(51)54-44(6,7)8)39(36)40(49)47(34-22-23-34)26-33-16-15-17-38(52-12)30(33)2/h15-21,29,34-35,37H,22-28H2,1-14H3. The van der Waals surface area contributed by atoms with Gasteiger partial charge in [0.15, 0.2) is 8.32 Å². The molecule has 10 nitrogen and oxygen atoms in total. The van der Waals surface area contributed by atoms with Crippen molar-refractivity contribution in [2.75, 3.05) is 20.2 Å². The van der Waals surface area contributed by atoms with Crippen molar-refractivity contribution >= 4 is 32.0 Å². The average molecular weight is 790 g/mol. The summed E-state index contributed by atoms with van der Waals surface area (Å²) in [5.41, 5.74) is 4.04. The van der Waals surface area contributed by atoms with Gasteiger partial charge in [0.2, 0.25) is 0 Å². The lowest BCUT2D eigenvalue weighted by Gasteiger charge is -2.51. The number of hydrogen-bond acceptors (Lipinski definition) is 7. The van der Waals surface area contributed by atoms with Crippen LogP contribution in [0.1, 0.15) is 111 Å². The van der Waals surface area contributed by atoms with Crippen LogP contribution < -0.4 is 4.74 Å². The van der Waals surface area contributed by atoms with Crippen molar-refractivity contribution in [3.63, 3.8) is 0 Å². The molecular weight excluding hydrogens is 723 g/mol. The maximum atomic E-state index is 15.4. The molecule has 0 spiro atoms. The van der Waals surface area contributed by atoms with E-state index in [1.165, 1.54) is 0 Å². The zero-order valence-corrected chi connectivity index (χ0v) is 37.5. The van der Waals surface area contributed by atoms with Crippen LogP contribution in [0, 0.1) is 6.92 Å². The van der Waals surface area contributed by atoms with E-state index in [-0.39, 0.29) is 36.2 Å². The first-order chi connectivity index (χ1) is 25.9. The molecule has 2 aromatic carbocycles. The number of amides is 3. The molecule has 1 saturated carbocycles. The summed E-state index contributed by atoms with van der Waals surface area (Å²) >= 11 is 0.